The second-order valence-corrected chi connectivity index (χ2v) is 7.51. The lowest BCUT2D eigenvalue weighted by atomic mass is 9.79. The third-order valence-corrected chi connectivity index (χ3v) is 4.78. The smallest absolute Gasteiger partial charge is 0.162 e. The number of hydrogen-bond acceptors (Lipinski definition) is 3. The van der Waals surface area contributed by atoms with Gasteiger partial charge in [0.2, 0.25) is 0 Å². The van der Waals surface area contributed by atoms with E-state index in [1.165, 1.54) is 25.1 Å². The fraction of sp³-hybridized carbons (Fsp3) is 0.833. The SMILES string of the molecule is CC1(C)CCCC(C)(C)N1C1=NC(=S)SC1. The first-order chi connectivity index (χ1) is 7.33. The van der Waals surface area contributed by atoms with Gasteiger partial charge in [-0.1, -0.05) is 24.0 Å². The first kappa shape index (κ1) is 12.4. The molecule has 90 valence electrons. The van der Waals surface area contributed by atoms with Crippen molar-refractivity contribution in [3.05, 3.63) is 0 Å². The largest absolute Gasteiger partial charge is 0.349 e. The van der Waals surface area contributed by atoms with E-state index in [1.807, 2.05) is 0 Å². The Kier molecular flexibility index (Phi) is 3.08. The fourth-order valence-corrected chi connectivity index (χ4v) is 4.00. The van der Waals surface area contributed by atoms with Crippen molar-refractivity contribution in [1.82, 2.24) is 4.90 Å². The zero-order valence-corrected chi connectivity index (χ0v) is 12.2. The average Bonchev–Trinajstić information content (AvgIpc) is 2.48. The highest BCUT2D eigenvalue weighted by molar-refractivity contribution is 8.23. The van der Waals surface area contributed by atoms with Gasteiger partial charge >= 0.3 is 0 Å². The summed E-state index contributed by atoms with van der Waals surface area (Å²) in [6, 6.07) is 0. The van der Waals surface area contributed by atoms with E-state index >= 15 is 0 Å². The molecule has 4 heteroatoms. The molecule has 2 rings (SSSR count). The van der Waals surface area contributed by atoms with E-state index in [1.54, 1.807) is 11.8 Å². The highest BCUT2D eigenvalue weighted by Gasteiger charge is 2.43. The van der Waals surface area contributed by atoms with Crippen LogP contribution in [0.2, 0.25) is 0 Å². The van der Waals surface area contributed by atoms with E-state index in [0.29, 0.717) is 0 Å². The molecule has 0 unspecified atom stereocenters. The van der Waals surface area contributed by atoms with E-state index in [4.69, 9.17) is 12.2 Å². The van der Waals surface area contributed by atoms with Crippen molar-refractivity contribution in [2.45, 2.75) is 58.0 Å². The van der Waals surface area contributed by atoms with Gasteiger partial charge in [0.25, 0.3) is 0 Å². The summed E-state index contributed by atoms with van der Waals surface area (Å²) in [6.07, 6.45) is 3.79. The lowest BCUT2D eigenvalue weighted by Gasteiger charge is -2.54. The van der Waals surface area contributed by atoms with Crippen LogP contribution >= 0.6 is 24.0 Å². The predicted octanol–water partition coefficient (Wildman–Crippen LogP) is 3.46. The third kappa shape index (κ3) is 2.14. The van der Waals surface area contributed by atoms with E-state index < -0.39 is 0 Å². The molecule has 0 aliphatic carbocycles. The standard InChI is InChI=1S/C12H20N2S2/c1-11(2)6-5-7-12(3,4)14(11)9-8-16-10(15)13-9/h5-8H2,1-4H3. The maximum Gasteiger partial charge on any atom is 0.162 e. The molecule has 1 fully saturated rings. The molecule has 0 aromatic carbocycles. The van der Waals surface area contributed by atoms with Crippen molar-refractivity contribution < 1.29 is 0 Å². The summed E-state index contributed by atoms with van der Waals surface area (Å²) >= 11 is 6.85. The van der Waals surface area contributed by atoms with Crippen molar-refractivity contribution in [2.24, 2.45) is 4.99 Å². The van der Waals surface area contributed by atoms with Gasteiger partial charge in [0.15, 0.2) is 4.32 Å². The fourth-order valence-electron chi connectivity index (χ4n) is 3.11. The van der Waals surface area contributed by atoms with Crippen LogP contribution in [-0.4, -0.2) is 31.9 Å². The average molecular weight is 256 g/mol. The summed E-state index contributed by atoms with van der Waals surface area (Å²) in [5, 5.41) is 0. The molecule has 2 nitrogen and oxygen atoms in total. The molecule has 2 aliphatic rings. The Bertz CT molecular complexity index is 329. The Balaban J connectivity index is 2.34. The van der Waals surface area contributed by atoms with Crippen LogP contribution < -0.4 is 0 Å². The van der Waals surface area contributed by atoms with Gasteiger partial charge in [-0.2, -0.15) is 0 Å². The summed E-state index contributed by atoms with van der Waals surface area (Å²) in [7, 11) is 0. The Hall–Kier alpha value is -0.0900. The van der Waals surface area contributed by atoms with Gasteiger partial charge in [-0.3, -0.25) is 0 Å². The predicted molar refractivity (Wildman–Crippen MR) is 76.3 cm³/mol. The molecule has 2 aliphatic heterocycles. The van der Waals surface area contributed by atoms with E-state index in [9.17, 15) is 0 Å². The summed E-state index contributed by atoms with van der Waals surface area (Å²) in [6.45, 7) is 9.29. The molecule has 0 N–H and O–H groups in total. The third-order valence-electron chi connectivity index (χ3n) is 3.59. The Morgan fingerprint density at radius 3 is 2.19 bits per heavy atom. The van der Waals surface area contributed by atoms with E-state index in [-0.39, 0.29) is 11.1 Å². The van der Waals surface area contributed by atoms with Crippen LogP contribution in [-0.2, 0) is 0 Å². The lowest BCUT2D eigenvalue weighted by molar-refractivity contribution is 0.0414. The first-order valence-electron chi connectivity index (χ1n) is 5.88. The molecule has 0 saturated carbocycles. The minimum atomic E-state index is 0.209. The summed E-state index contributed by atoms with van der Waals surface area (Å²) in [5.41, 5.74) is 0.419. The molecule has 2 heterocycles. The van der Waals surface area contributed by atoms with Crippen LogP contribution in [0, 0.1) is 0 Å². The maximum absolute atomic E-state index is 5.16. The Morgan fingerprint density at radius 1 is 1.19 bits per heavy atom. The van der Waals surface area contributed by atoms with Crippen molar-refractivity contribution in [1.29, 1.82) is 0 Å². The lowest BCUT2D eigenvalue weighted by Crippen LogP contribution is -2.61. The summed E-state index contributed by atoms with van der Waals surface area (Å²) in [5.74, 6) is 2.14. The highest BCUT2D eigenvalue weighted by Crippen LogP contribution is 2.40. The molecule has 0 aromatic heterocycles. The molecule has 0 spiro atoms. The number of thioether (sulfide) groups is 1. The molecule has 0 radical (unpaired) electrons. The Morgan fingerprint density at radius 2 is 1.75 bits per heavy atom. The van der Waals surface area contributed by atoms with Gasteiger partial charge in [-0.25, -0.2) is 4.99 Å². The number of hydrogen-bond donors (Lipinski definition) is 0. The minimum Gasteiger partial charge on any atom is -0.349 e. The Labute approximate surface area is 108 Å². The van der Waals surface area contributed by atoms with Gasteiger partial charge < -0.3 is 4.90 Å². The van der Waals surface area contributed by atoms with Crippen LogP contribution in [0.15, 0.2) is 4.99 Å². The van der Waals surface area contributed by atoms with Gasteiger partial charge in [0.05, 0.1) is 5.75 Å². The van der Waals surface area contributed by atoms with Crippen LogP contribution in [0.3, 0.4) is 0 Å². The van der Waals surface area contributed by atoms with E-state index in [0.717, 1.165) is 10.1 Å². The molecule has 0 aromatic rings. The number of aliphatic imine (C=N–C) groups is 1. The van der Waals surface area contributed by atoms with Crippen molar-refractivity contribution in [3.63, 3.8) is 0 Å². The van der Waals surface area contributed by atoms with Crippen LogP contribution in [0.4, 0.5) is 0 Å². The monoisotopic (exact) mass is 256 g/mol. The molecular formula is C12H20N2S2. The number of piperidine rings is 1. The summed E-state index contributed by atoms with van der Waals surface area (Å²) < 4.78 is 0.798. The second kappa shape index (κ2) is 3.98. The topological polar surface area (TPSA) is 15.6 Å². The number of nitrogens with zero attached hydrogens (tertiary/aromatic N) is 2. The van der Waals surface area contributed by atoms with Gasteiger partial charge in [0.1, 0.15) is 5.84 Å². The van der Waals surface area contributed by atoms with Crippen molar-refractivity contribution in [2.75, 3.05) is 5.75 Å². The minimum absolute atomic E-state index is 0.209. The van der Waals surface area contributed by atoms with Crippen molar-refractivity contribution in [3.8, 4) is 0 Å². The molecule has 1 saturated heterocycles. The normalized spacial score (nSPS) is 28.1. The van der Waals surface area contributed by atoms with Crippen LogP contribution in [0.1, 0.15) is 47.0 Å². The zero-order chi connectivity index (χ0) is 12.0. The number of thiocarbonyl (C=S) groups is 1. The molecule has 0 atom stereocenters. The van der Waals surface area contributed by atoms with E-state index in [2.05, 4.69) is 37.6 Å². The highest BCUT2D eigenvalue weighted by atomic mass is 32.2. The number of rotatable bonds is 0. The first-order valence-corrected chi connectivity index (χ1v) is 7.27. The number of likely N-dealkylation sites (tertiary alicyclic amines) is 1. The van der Waals surface area contributed by atoms with Gasteiger partial charge in [0, 0.05) is 11.1 Å². The maximum atomic E-state index is 5.16. The van der Waals surface area contributed by atoms with Crippen LogP contribution in [0.25, 0.3) is 0 Å². The number of amidine groups is 1. The molecule has 0 bridgehead atoms. The molecular weight excluding hydrogens is 236 g/mol. The zero-order valence-electron chi connectivity index (χ0n) is 10.5. The van der Waals surface area contributed by atoms with Gasteiger partial charge in [-0.05, 0) is 47.0 Å². The van der Waals surface area contributed by atoms with Crippen molar-refractivity contribution >= 4 is 34.1 Å². The second-order valence-electron chi connectivity index (χ2n) is 5.90. The molecule has 16 heavy (non-hydrogen) atoms. The quantitative estimate of drug-likeness (QED) is 0.617. The van der Waals surface area contributed by atoms with Crippen LogP contribution in [0.5, 0.6) is 0 Å². The summed E-state index contributed by atoms with van der Waals surface area (Å²) in [4.78, 5) is 7.05. The van der Waals surface area contributed by atoms with Gasteiger partial charge in [-0.15, -0.1) is 0 Å². The molecule has 0 amide bonds.